The molecule has 3 aromatic rings. The van der Waals surface area contributed by atoms with Crippen LogP contribution in [0.5, 0.6) is 11.5 Å². The summed E-state index contributed by atoms with van der Waals surface area (Å²) in [6.07, 6.45) is 2.93. The highest BCUT2D eigenvalue weighted by atomic mass is 31.1. The number of hydrogen-bond donors (Lipinski definition) is 0. The highest BCUT2D eigenvalue weighted by Crippen LogP contribution is 2.50. The van der Waals surface area contributed by atoms with Gasteiger partial charge in [-0.15, -0.1) is 0 Å². The number of methoxy groups -OCH3 is 1. The summed E-state index contributed by atoms with van der Waals surface area (Å²) in [5.74, 6) is 1.61. The van der Waals surface area contributed by atoms with Crippen LogP contribution in [0, 0.1) is 0 Å². The zero-order valence-corrected chi connectivity index (χ0v) is 19.2. The quantitative estimate of drug-likeness (QED) is 0.317. The van der Waals surface area contributed by atoms with Crippen LogP contribution in [-0.2, 0) is 11.8 Å². The van der Waals surface area contributed by atoms with Gasteiger partial charge >= 0.3 is 0 Å². The maximum atomic E-state index is 6.36. The zero-order chi connectivity index (χ0) is 21.4. The highest BCUT2D eigenvalue weighted by Gasteiger charge is 2.31. The van der Waals surface area contributed by atoms with Gasteiger partial charge in [0.05, 0.1) is 7.11 Å². The molecule has 0 fully saturated rings. The van der Waals surface area contributed by atoms with Gasteiger partial charge in [-0.2, -0.15) is 0 Å². The van der Waals surface area contributed by atoms with Crippen molar-refractivity contribution < 1.29 is 9.47 Å². The Kier molecular flexibility index (Phi) is 7.65. The number of benzene rings is 3. The molecule has 30 heavy (non-hydrogen) atoms. The summed E-state index contributed by atoms with van der Waals surface area (Å²) in [6, 6.07) is 24.9. The van der Waals surface area contributed by atoms with Gasteiger partial charge < -0.3 is 9.47 Å². The minimum atomic E-state index is -0.0851. The lowest BCUT2D eigenvalue weighted by Gasteiger charge is -2.32. The molecule has 0 spiro atoms. The van der Waals surface area contributed by atoms with Crippen LogP contribution in [0.15, 0.2) is 77.8 Å². The van der Waals surface area contributed by atoms with Crippen LogP contribution in [0.1, 0.15) is 37.0 Å². The van der Waals surface area contributed by atoms with Crippen molar-refractivity contribution >= 4 is 20.1 Å². The van der Waals surface area contributed by atoms with Gasteiger partial charge in [-0.1, -0.05) is 89.2 Å². The van der Waals surface area contributed by atoms with Crippen molar-refractivity contribution in [2.45, 2.75) is 32.0 Å². The van der Waals surface area contributed by atoms with E-state index in [-0.39, 0.29) is 5.16 Å². The third-order valence-corrected chi connectivity index (χ3v) is 7.27. The Hall–Kier alpha value is -2.64. The molecule has 0 aliphatic heterocycles. The van der Waals surface area contributed by atoms with Crippen molar-refractivity contribution in [2.75, 3.05) is 14.2 Å². The summed E-state index contributed by atoms with van der Waals surface area (Å²) >= 11 is 0. The molecule has 0 amide bonds. The lowest BCUT2D eigenvalue weighted by atomic mass is 9.96. The second-order valence-electron chi connectivity index (χ2n) is 7.40. The molecule has 156 valence electrons. The molecular weight excluding hydrogens is 389 g/mol. The Morgan fingerprint density at radius 3 is 2.40 bits per heavy atom. The monoisotopic (exact) mass is 419 g/mol. The van der Waals surface area contributed by atoms with E-state index in [1.165, 1.54) is 16.4 Å². The zero-order valence-electron chi connectivity index (χ0n) is 18.2. The summed E-state index contributed by atoms with van der Waals surface area (Å²) in [7, 11) is 4.09. The number of para-hydroxylation sites is 1. The maximum absolute atomic E-state index is 6.36. The fourth-order valence-corrected chi connectivity index (χ4v) is 5.07. The van der Waals surface area contributed by atoms with Crippen LogP contribution in [-0.4, -0.2) is 20.4 Å². The molecule has 0 N–H and O–H groups in total. The van der Waals surface area contributed by atoms with E-state index in [1.807, 2.05) is 37.5 Å². The third kappa shape index (κ3) is 5.09. The molecule has 3 nitrogen and oxygen atoms in total. The van der Waals surface area contributed by atoms with Gasteiger partial charge in [0.2, 0.25) is 0 Å². The van der Waals surface area contributed by atoms with Crippen LogP contribution < -0.4 is 14.8 Å². The normalized spacial score (nSPS) is 13.6. The highest BCUT2D eigenvalue weighted by molar-refractivity contribution is 7.48. The third-order valence-electron chi connectivity index (χ3n) is 5.37. The maximum Gasteiger partial charge on any atom is 0.165 e. The summed E-state index contributed by atoms with van der Waals surface area (Å²) in [5, 5.41) is 1.22. The Bertz CT molecular complexity index is 987. The SMILES string of the molecule is CCC(C)(Pc1ccccc1/C=N/C)c1cccc(OC)c1OCc1ccccc1. The summed E-state index contributed by atoms with van der Waals surface area (Å²) in [5.41, 5.74) is 3.49. The van der Waals surface area contributed by atoms with E-state index in [0.29, 0.717) is 15.2 Å². The lowest BCUT2D eigenvalue weighted by molar-refractivity contribution is 0.278. The van der Waals surface area contributed by atoms with Gasteiger partial charge in [0, 0.05) is 24.0 Å². The van der Waals surface area contributed by atoms with Gasteiger partial charge in [-0.05, 0) is 28.9 Å². The predicted octanol–water partition coefficient (Wildman–Crippen LogP) is 5.95. The van der Waals surface area contributed by atoms with Crippen molar-refractivity contribution in [1.82, 2.24) is 0 Å². The molecule has 3 aromatic carbocycles. The van der Waals surface area contributed by atoms with Crippen LogP contribution in [0.2, 0.25) is 0 Å². The Balaban J connectivity index is 1.99. The summed E-state index contributed by atoms with van der Waals surface area (Å²) < 4.78 is 12.0. The number of hydrogen-bond acceptors (Lipinski definition) is 3. The minimum Gasteiger partial charge on any atom is -0.493 e. The first kappa shape index (κ1) is 22.1. The largest absolute Gasteiger partial charge is 0.493 e. The molecule has 2 unspecified atom stereocenters. The summed E-state index contributed by atoms with van der Waals surface area (Å²) in [6.45, 7) is 5.07. The Morgan fingerprint density at radius 1 is 0.967 bits per heavy atom. The van der Waals surface area contributed by atoms with E-state index in [0.717, 1.165) is 23.5 Å². The van der Waals surface area contributed by atoms with Crippen molar-refractivity contribution in [3.05, 3.63) is 89.5 Å². The first-order chi connectivity index (χ1) is 14.6. The predicted molar refractivity (Wildman–Crippen MR) is 129 cm³/mol. The van der Waals surface area contributed by atoms with Crippen LogP contribution >= 0.6 is 8.58 Å². The van der Waals surface area contributed by atoms with Gasteiger partial charge in [0.1, 0.15) is 6.61 Å². The Morgan fingerprint density at radius 2 is 1.70 bits per heavy atom. The molecule has 0 bridgehead atoms. The van der Waals surface area contributed by atoms with Crippen LogP contribution in [0.4, 0.5) is 0 Å². The molecule has 2 atom stereocenters. The van der Waals surface area contributed by atoms with E-state index in [4.69, 9.17) is 9.47 Å². The van der Waals surface area contributed by atoms with E-state index in [2.05, 4.69) is 67.4 Å². The molecule has 0 radical (unpaired) electrons. The molecule has 0 heterocycles. The van der Waals surface area contributed by atoms with Gasteiger partial charge in [0.25, 0.3) is 0 Å². The number of rotatable bonds is 9. The van der Waals surface area contributed by atoms with Crippen molar-refractivity contribution in [1.29, 1.82) is 0 Å². The van der Waals surface area contributed by atoms with Crippen molar-refractivity contribution in [2.24, 2.45) is 4.99 Å². The first-order valence-electron chi connectivity index (χ1n) is 10.2. The molecule has 3 rings (SSSR count). The second kappa shape index (κ2) is 10.4. The number of ether oxygens (including phenoxy) is 2. The molecule has 0 aliphatic carbocycles. The fraction of sp³-hybridized carbons (Fsp3) is 0.269. The van der Waals surface area contributed by atoms with Gasteiger partial charge in [-0.3, -0.25) is 4.99 Å². The minimum absolute atomic E-state index is 0.0851. The standard InChI is InChI=1S/C26H30NO2P/c1-5-26(2,30-24-17-10-9-14-21(24)18-27-3)22-15-11-16-23(28-4)25(22)29-19-20-12-7-6-8-13-20/h6-18,30H,5,19H2,1-4H3/b27-18+. The first-order valence-corrected chi connectivity index (χ1v) is 11.2. The fourth-order valence-electron chi connectivity index (χ4n) is 3.50. The Labute approximate surface area is 182 Å². The van der Waals surface area contributed by atoms with Crippen LogP contribution in [0.3, 0.4) is 0 Å². The topological polar surface area (TPSA) is 30.8 Å². The van der Waals surface area contributed by atoms with Crippen LogP contribution in [0.25, 0.3) is 0 Å². The van der Waals surface area contributed by atoms with E-state index in [1.54, 1.807) is 7.11 Å². The van der Waals surface area contributed by atoms with Crippen molar-refractivity contribution in [3.8, 4) is 11.5 Å². The second-order valence-corrected chi connectivity index (χ2v) is 9.29. The number of aliphatic imine (C=N–C) groups is 1. The molecule has 4 heteroatoms. The molecular formula is C26H30NO2P. The van der Waals surface area contributed by atoms with E-state index >= 15 is 0 Å². The summed E-state index contributed by atoms with van der Waals surface area (Å²) in [4.78, 5) is 4.24. The average molecular weight is 420 g/mol. The number of nitrogens with zero attached hydrogens (tertiary/aromatic N) is 1. The van der Waals surface area contributed by atoms with E-state index in [9.17, 15) is 0 Å². The average Bonchev–Trinajstić information content (AvgIpc) is 2.79. The lowest BCUT2D eigenvalue weighted by Crippen LogP contribution is -2.21. The smallest absolute Gasteiger partial charge is 0.165 e. The molecule has 0 saturated heterocycles. The molecule has 0 aromatic heterocycles. The van der Waals surface area contributed by atoms with E-state index < -0.39 is 0 Å². The van der Waals surface area contributed by atoms with Crippen molar-refractivity contribution in [3.63, 3.8) is 0 Å². The molecule has 0 aliphatic rings. The van der Waals surface area contributed by atoms with Gasteiger partial charge in [0.15, 0.2) is 11.5 Å². The molecule has 0 saturated carbocycles. The van der Waals surface area contributed by atoms with Gasteiger partial charge in [-0.25, -0.2) is 0 Å².